The maximum atomic E-state index is 12.7. The number of ether oxygens (including phenoxy) is 2. The fourth-order valence-electron chi connectivity index (χ4n) is 7.20. The van der Waals surface area contributed by atoms with Crippen molar-refractivity contribution in [2.24, 2.45) is 5.73 Å². The van der Waals surface area contributed by atoms with Gasteiger partial charge in [0.1, 0.15) is 6.61 Å². The number of carbonyl (C=O) groups is 2. The fourth-order valence-corrected chi connectivity index (χ4v) is 7.96. The van der Waals surface area contributed by atoms with Crippen molar-refractivity contribution >= 4 is 19.8 Å². The number of unbranched alkanes of at least 4 members (excludes halogenated alkanes) is 21. The second-order valence-corrected chi connectivity index (χ2v) is 19.2. The average Bonchev–Trinajstić information content (AvgIpc) is 3.33. The third-order valence-corrected chi connectivity index (χ3v) is 12.2. The summed E-state index contributed by atoms with van der Waals surface area (Å²) in [6.07, 6.45) is 70.4. The molecule has 0 aromatic heterocycles. The number of rotatable bonds is 50. The van der Waals surface area contributed by atoms with Crippen molar-refractivity contribution in [2.75, 3.05) is 26.4 Å². The molecule has 390 valence electrons. The van der Waals surface area contributed by atoms with Crippen molar-refractivity contribution in [1.82, 2.24) is 0 Å². The quantitative estimate of drug-likeness (QED) is 0.0264. The minimum Gasteiger partial charge on any atom is -0.462 e. The molecule has 3 N–H and O–H groups in total. The first-order valence-corrected chi connectivity index (χ1v) is 28.7. The van der Waals surface area contributed by atoms with E-state index in [0.29, 0.717) is 6.42 Å². The Balaban J connectivity index is 3.93. The van der Waals surface area contributed by atoms with Crippen LogP contribution in [0.1, 0.15) is 226 Å². The zero-order chi connectivity index (χ0) is 49.5. The highest BCUT2D eigenvalue weighted by Gasteiger charge is 2.26. The molecule has 0 heterocycles. The minimum absolute atomic E-state index is 0.0490. The molecule has 0 aliphatic carbocycles. The van der Waals surface area contributed by atoms with Crippen molar-refractivity contribution in [1.29, 1.82) is 0 Å². The number of phosphoric ester groups is 1. The van der Waals surface area contributed by atoms with Crippen LogP contribution in [0.4, 0.5) is 0 Å². The standard InChI is InChI=1S/C58H100NO8P/c1-3-5-7-9-11-13-15-17-18-19-20-21-22-23-24-25-26-27-28-29-30-31-32-33-34-35-36-37-38-39-41-43-45-47-49-51-58(61)67-56(55-66-68(62,63)65-53-52-59)54-64-57(60)50-48-46-44-42-40-16-14-12-10-8-6-4-2/h5,7,11-14,17-18,20-21,23-24,26-27,29-30,56H,3-4,6,8-10,15-16,19,22,25,28,31-55,59H2,1-2H3,(H,62,63)/b7-5-,13-11-,14-12-,18-17-,21-20-,24-23-,27-26-,30-29-. The van der Waals surface area contributed by atoms with Crippen LogP contribution >= 0.6 is 7.82 Å². The predicted molar refractivity (Wildman–Crippen MR) is 288 cm³/mol. The Morgan fingerprint density at radius 1 is 0.456 bits per heavy atom. The van der Waals surface area contributed by atoms with Crippen LogP contribution in [0.5, 0.6) is 0 Å². The van der Waals surface area contributed by atoms with Crippen molar-refractivity contribution in [3.63, 3.8) is 0 Å². The second-order valence-electron chi connectivity index (χ2n) is 17.7. The first-order valence-electron chi connectivity index (χ1n) is 27.2. The fraction of sp³-hybridized carbons (Fsp3) is 0.690. The molecule has 0 fully saturated rings. The molecule has 0 aliphatic rings. The van der Waals surface area contributed by atoms with E-state index in [4.69, 9.17) is 24.3 Å². The number of allylic oxidation sites excluding steroid dienone is 16. The number of carbonyl (C=O) groups excluding carboxylic acids is 2. The van der Waals surface area contributed by atoms with Gasteiger partial charge in [-0.05, 0) is 96.3 Å². The van der Waals surface area contributed by atoms with Crippen molar-refractivity contribution in [2.45, 2.75) is 232 Å². The molecule has 0 spiro atoms. The van der Waals surface area contributed by atoms with Crippen molar-refractivity contribution in [3.05, 3.63) is 97.2 Å². The van der Waals surface area contributed by atoms with Crippen LogP contribution in [0.2, 0.25) is 0 Å². The third-order valence-electron chi connectivity index (χ3n) is 11.2. The molecular formula is C58H100NO8P. The number of phosphoric acid groups is 1. The summed E-state index contributed by atoms with van der Waals surface area (Å²) < 4.78 is 32.9. The van der Waals surface area contributed by atoms with E-state index >= 15 is 0 Å². The molecule has 2 unspecified atom stereocenters. The van der Waals surface area contributed by atoms with Gasteiger partial charge in [0, 0.05) is 19.4 Å². The number of nitrogens with two attached hydrogens (primary N) is 1. The lowest BCUT2D eigenvalue weighted by Gasteiger charge is -2.19. The van der Waals surface area contributed by atoms with E-state index in [1.807, 2.05) is 0 Å². The Morgan fingerprint density at radius 2 is 0.809 bits per heavy atom. The van der Waals surface area contributed by atoms with Gasteiger partial charge in [0.15, 0.2) is 6.10 Å². The summed E-state index contributed by atoms with van der Waals surface area (Å²) in [4.78, 5) is 35.0. The zero-order valence-corrected chi connectivity index (χ0v) is 44.2. The Morgan fingerprint density at radius 3 is 1.22 bits per heavy atom. The number of hydrogen-bond donors (Lipinski definition) is 2. The van der Waals surface area contributed by atoms with Gasteiger partial charge in [0.25, 0.3) is 0 Å². The van der Waals surface area contributed by atoms with Gasteiger partial charge in [0.2, 0.25) is 0 Å². The van der Waals surface area contributed by atoms with Crippen molar-refractivity contribution in [3.8, 4) is 0 Å². The summed E-state index contributed by atoms with van der Waals surface area (Å²) in [5.74, 6) is -0.842. The predicted octanol–water partition coefficient (Wildman–Crippen LogP) is 16.9. The van der Waals surface area contributed by atoms with Gasteiger partial charge in [-0.25, -0.2) is 4.57 Å². The van der Waals surface area contributed by atoms with Crippen LogP contribution in [0, 0.1) is 0 Å². The van der Waals surface area contributed by atoms with E-state index in [0.717, 1.165) is 103 Å². The summed E-state index contributed by atoms with van der Waals surface area (Å²) in [5.41, 5.74) is 5.36. The van der Waals surface area contributed by atoms with Gasteiger partial charge < -0.3 is 20.1 Å². The first-order chi connectivity index (χ1) is 33.3. The van der Waals surface area contributed by atoms with Gasteiger partial charge in [-0.15, -0.1) is 0 Å². The van der Waals surface area contributed by atoms with E-state index in [1.54, 1.807) is 0 Å². The van der Waals surface area contributed by atoms with Crippen LogP contribution in [0.25, 0.3) is 0 Å². The summed E-state index contributed by atoms with van der Waals surface area (Å²) in [6, 6.07) is 0. The molecular weight excluding hydrogens is 870 g/mol. The topological polar surface area (TPSA) is 134 Å². The smallest absolute Gasteiger partial charge is 0.462 e. The number of hydrogen-bond acceptors (Lipinski definition) is 8. The molecule has 0 aromatic rings. The van der Waals surface area contributed by atoms with Crippen molar-refractivity contribution < 1.29 is 37.6 Å². The molecule has 0 bridgehead atoms. The molecule has 0 aromatic carbocycles. The third kappa shape index (κ3) is 52.3. The van der Waals surface area contributed by atoms with Gasteiger partial charge in [-0.2, -0.15) is 0 Å². The Labute approximate surface area is 416 Å². The molecule has 0 amide bonds. The summed E-state index contributed by atoms with van der Waals surface area (Å²) in [7, 11) is -4.39. The molecule has 0 radical (unpaired) electrons. The van der Waals surface area contributed by atoms with Crippen LogP contribution in [0.15, 0.2) is 97.2 Å². The average molecular weight is 970 g/mol. The largest absolute Gasteiger partial charge is 0.472 e. The SMILES string of the molecule is CC/C=C\C/C=C\C/C=C\C/C=C\C/C=C\C/C=C\C/C=C\CCCCCCCCCCCCCCCC(=O)OC(COC(=O)CCCCCCC/C=C\CCCCC)COP(=O)(O)OCCN. The van der Waals surface area contributed by atoms with E-state index in [2.05, 4.69) is 111 Å². The van der Waals surface area contributed by atoms with Gasteiger partial charge in [-0.3, -0.25) is 18.6 Å². The molecule has 0 rings (SSSR count). The van der Waals surface area contributed by atoms with E-state index in [1.165, 1.54) is 89.9 Å². The van der Waals surface area contributed by atoms with Gasteiger partial charge >= 0.3 is 19.8 Å². The highest BCUT2D eigenvalue weighted by atomic mass is 31.2. The molecule has 0 saturated heterocycles. The lowest BCUT2D eigenvalue weighted by Crippen LogP contribution is -2.29. The van der Waals surface area contributed by atoms with E-state index in [9.17, 15) is 19.0 Å². The molecule has 0 saturated carbocycles. The Bertz CT molecular complexity index is 1430. The highest BCUT2D eigenvalue weighted by Crippen LogP contribution is 2.43. The Hall–Kier alpha value is -3.07. The normalized spacial score (nSPS) is 13.9. The van der Waals surface area contributed by atoms with Crippen LogP contribution in [0.3, 0.4) is 0 Å². The maximum Gasteiger partial charge on any atom is 0.472 e. The van der Waals surface area contributed by atoms with E-state index in [-0.39, 0.29) is 32.6 Å². The zero-order valence-electron chi connectivity index (χ0n) is 43.3. The summed E-state index contributed by atoms with van der Waals surface area (Å²) in [5, 5.41) is 0. The summed E-state index contributed by atoms with van der Waals surface area (Å²) in [6.45, 7) is 3.58. The van der Waals surface area contributed by atoms with Crippen LogP contribution < -0.4 is 5.73 Å². The highest BCUT2D eigenvalue weighted by molar-refractivity contribution is 7.47. The molecule has 0 aliphatic heterocycles. The maximum absolute atomic E-state index is 12.7. The Kier molecular flexibility index (Phi) is 50.9. The monoisotopic (exact) mass is 970 g/mol. The lowest BCUT2D eigenvalue weighted by molar-refractivity contribution is -0.161. The van der Waals surface area contributed by atoms with Crippen LogP contribution in [-0.2, 0) is 32.7 Å². The van der Waals surface area contributed by atoms with E-state index < -0.39 is 32.5 Å². The van der Waals surface area contributed by atoms with Gasteiger partial charge in [-0.1, -0.05) is 214 Å². The minimum atomic E-state index is -4.39. The molecule has 9 nitrogen and oxygen atoms in total. The molecule has 68 heavy (non-hydrogen) atoms. The molecule has 10 heteroatoms. The number of esters is 2. The molecule has 2 atom stereocenters. The summed E-state index contributed by atoms with van der Waals surface area (Å²) >= 11 is 0. The van der Waals surface area contributed by atoms with Crippen LogP contribution in [-0.4, -0.2) is 49.3 Å². The van der Waals surface area contributed by atoms with Gasteiger partial charge in [0.05, 0.1) is 13.2 Å². The first kappa shape index (κ1) is 64.9. The lowest BCUT2D eigenvalue weighted by atomic mass is 10.0. The second kappa shape index (κ2) is 53.3.